The van der Waals surface area contributed by atoms with E-state index in [0.717, 1.165) is 36.5 Å². The molecule has 0 spiro atoms. The van der Waals surface area contributed by atoms with Crippen LogP contribution in [0.15, 0.2) is 53.4 Å². The third kappa shape index (κ3) is 5.57. The Morgan fingerprint density at radius 3 is 2.32 bits per heavy atom. The largest absolute Gasteiger partial charge is 0.494 e. The second-order valence-electron chi connectivity index (χ2n) is 5.30. The van der Waals surface area contributed by atoms with Crippen LogP contribution in [0.2, 0.25) is 0 Å². The molecule has 22 heavy (non-hydrogen) atoms. The van der Waals surface area contributed by atoms with E-state index in [1.54, 1.807) is 6.92 Å². The molecule has 2 nitrogen and oxygen atoms in total. The van der Waals surface area contributed by atoms with Crippen molar-refractivity contribution >= 4 is 17.5 Å². The van der Waals surface area contributed by atoms with E-state index < -0.39 is 0 Å². The molecule has 0 saturated heterocycles. The van der Waals surface area contributed by atoms with Gasteiger partial charge in [0.25, 0.3) is 0 Å². The molecule has 0 aliphatic carbocycles. The Bertz CT molecular complexity index is 588. The summed E-state index contributed by atoms with van der Waals surface area (Å²) in [7, 11) is 0. The maximum Gasteiger partial charge on any atom is 0.159 e. The number of ketones is 1. The van der Waals surface area contributed by atoms with Crippen LogP contribution in [0.1, 0.15) is 35.7 Å². The van der Waals surface area contributed by atoms with E-state index in [4.69, 9.17) is 4.74 Å². The van der Waals surface area contributed by atoms with E-state index in [1.807, 2.05) is 48.2 Å². The van der Waals surface area contributed by atoms with Crippen LogP contribution in [0.25, 0.3) is 0 Å². The molecule has 0 aliphatic rings. The van der Waals surface area contributed by atoms with Gasteiger partial charge in [-0.1, -0.05) is 29.8 Å². The van der Waals surface area contributed by atoms with Gasteiger partial charge in [0.2, 0.25) is 0 Å². The maximum atomic E-state index is 11.2. The lowest BCUT2D eigenvalue weighted by atomic mass is 10.2. The fourth-order valence-electron chi connectivity index (χ4n) is 2.00. The van der Waals surface area contributed by atoms with Gasteiger partial charge in [0, 0.05) is 10.5 Å². The van der Waals surface area contributed by atoms with Crippen LogP contribution in [-0.4, -0.2) is 18.1 Å². The highest BCUT2D eigenvalue weighted by Gasteiger charge is 2.00. The van der Waals surface area contributed by atoms with Crippen LogP contribution < -0.4 is 4.74 Å². The molecule has 0 aliphatic heterocycles. The number of hydrogen-bond donors (Lipinski definition) is 0. The predicted octanol–water partition coefficient (Wildman–Crippen LogP) is 5.15. The minimum atomic E-state index is 0.116. The molecule has 0 fully saturated rings. The number of thioether (sulfide) groups is 1. The van der Waals surface area contributed by atoms with Crippen LogP contribution in [-0.2, 0) is 0 Å². The molecule has 0 unspecified atom stereocenters. The van der Waals surface area contributed by atoms with Gasteiger partial charge in [0.15, 0.2) is 5.78 Å². The average molecular weight is 314 g/mol. The van der Waals surface area contributed by atoms with Gasteiger partial charge in [-0.2, -0.15) is 0 Å². The first-order valence-electron chi connectivity index (χ1n) is 7.58. The van der Waals surface area contributed by atoms with Crippen molar-refractivity contribution in [2.45, 2.75) is 31.6 Å². The minimum Gasteiger partial charge on any atom is -0.494 e. The zero-order valence-electron chi connectivity index (χ0n) is 13.2. The Morgan fingerprint density at radius 2 is 1.68 bits per heavy atom. The smallest absolute Gasteiger partial charge is 0.159 e. The van der Waals surface area contributed by atoms with Crippen molar-refractivity contribution in [2.24, 2.45) is 0 Å². The van der Waals surface area contributed by atoms with Crippen molar-refractivity contribution in [1.29, 1.82) is 0 Å². The van der Waals surface area contributed by atoms with E-state index >= 15 is 0 Å². The molecule has 0 aromatic heterocycles. The second-order valence-corrected chi connectivity index (χ2v) is 6.47. The number of carbonyl (C=O) groups is 1. The van der Waals surface area contributed by atoms with Gasteiger partial charge in [-0.25, -0.2) is 0 Å². The Balaban J connectivity index is 1.61. The highest BCUT2D eigenvalue weighted by Crippen LogP contribution is 2.20. The summed E-state index contributed by atoms with van der Waals surface area (Å²) in [6.07, 6.45) is 2.16. The fourth-order valence-corrected chi connectivity index (χ4v) is 2.92. The van der Waals surface area contributed by atoms with E-state index in [9.17, 15) is 4.79 Å². The standard InChI is InChI=1S/C19H22O2S/c1-15-5-9-18(10-6-15)21-13-3-4-14-22-19-11-7-17(8-12-19)16(2)20/h5-12H,3-4,13-14H2,1-2H3. The summed E-state index contributed by atoms with van der Waals surface area (Å²) in [5, 5.41) is 0. The summed E-state index contributed by atoms with van der Waals surface area (Å²) in [6, 6.07) is 16.0. The normalized spacial score (nSPS) is 10.5. The molecule has 2 aromatic rings. The SMILES string of the molecule is CC(=O)c1ccc(SCCCCOc2ccc(C)cc2)cc1. The monoisotopic (exact) mass is 314 g/mol. The van der Waals surface area contributed by atoms with Gasteiger partial charge in [0.1, 0.15) is 5.75 Å². The lowest BCUT2D eigenvalue weighted by Crippen LogP contribution is -1.98. The summed E-state index contributed by atoms with van der Waals surface area (Å²) in [5.41, 5.74) is 2.02. The summed E-state index contributed by atoms with van der Waals surface area (Å²) < 4.78 is 5.71. The number of Topliss-reactive ketones (excluding diaryl/α,β-unsaturated/α-hetero) is 1. The molecule has 0 radical (unpaired) electrons. The van der Waals surface area contributed by atoms with E-state index in [0.29, 0.717) is 0 Å². The zero-order chi connectivity index (χ0) is 15.8. The fraction of sp³-hybridized carbons (Fsp3) is 0.316. The first kappa shape index (κ1) is 16.6. The zero-order valence-corrected chi connectivity index (χ0v) is 14.0. The molecular formula is C19H22O2S. The number of carbonyl (C=O) groups excluding carboxylic acids is 1. The Hall–Kier alpha value is -1.74. The van der Waals surface area contributed by atoms with Crippen molar-refractivity contribution in [3.8, 4) is 5.75 Å². The van der Waals surface area contributed by atoms with Crippen molar-refractivity contribution in [3.63, 3.8) is 0 Å². The Morgan fingerprint density at radius 1 is 1.00 bits per heavy atom. The highest BCUT2D eigenvalue weighted by atomic mass is 32.2. The van der Waals surface area contributed by atoms with Gasteiger partial charge in [-0.3, -0.25) is 4.79 Å². The number of ether oxygens (including phenoxy) is 1. The van der Waals surface area contributed by atoms with Crippen LogP contribution in [0.4, 0.5) is 0 Å². The summed E-state index contributed by atoms with van der Waals surface area (Å²) in [6.45, 7) is 4.42. The number of unbranched alkanes of at least 4 members (excludes halogenated alkanes) is 1. The molecular weight excluding hydrogens is 292 g/mol. The van der Waals surface area contributed by atoms with E-state index in [2.05, 4.69) is 19.1 Å². The molecule has 0 bridgehead atoms. The summed E-state index contributed by atoms with van der Waals surface area (Å²) >= 11 is 1.82. The first-order chi connectivity index (χ1) is 10.6. The summed E-state index contributed by atoms with van der Waals surface area (Å²) in [5.74, 6) is 2.12. The summed E-state index contributed by atoms with van der Waals surface area (Å²) in [4.78, 5) is 12.4. The van der Waals surface area contributed by atoms with Crippen LogP contribution in [0.3, 0.4) is 0 Å². The molecule has 0 heterocycles. The topological polar surface area (TPSA) is 26.3 Å². The van der Waals surface area contributed by atoms with Crippen molar-refractivity contribution in [1.82, 2.24) is 0 Å². The van der Waals surface area contributed by atoms with Gasteiger partial charge in [-0.05, 0) is 56.7 Å². The average Bonchev–Trinajstić information content (AvgIpc) is 2.53. The van der Waals surface area contributed by atoms with Crippen molar-refractivity contribution in [2.75, 3.05) is 12.4 Å². The van der Waals surface area contributed by atoms with E-state index in [1.165, 1.54) is 10.5 Å². The van der Waals surface area contributed by atoms with Gasteiger partial charge >= 0.3 is 0 Å². The maximum absolute atomic E-state index is 11.2. The lowest BCUT2D eigenvalue weighted by molar-refractivity contribution is 0.101. The molecule has 2 aromatic carbocycles. The minimum absolute atomic E-state index is 0.116. The first-order valence-corrected chi connectivity index (χ1v) is 8.57. The molecule has 2 rings (SSSR count). The number of benzene rings is 2. The molecule has 0 saturated carbocycles. The second kappa shape index (κ2) is 8.64. The third-order valence-corrected chi connectivity index (χ3v) is 4.46. The van der Waals surface area contributed by atoms with Crippen LogP contribution in [0.5, 0.6) is 5.75 Å². The van der Waals surface area contributed by atoms with Crippen molar-refractivity contribution < 1.29 is 9.53 Å². The number of hydrogen-bond acceptors (Lipinski definition) is 3. The predicted molar refractivity (Wildman–Crippen MR) is 93.1 cm³/mol. The van der Waals surface area contributed by atoms with E-state index in [-0.39, 0.29) is 5.78 Å². The molecule has 0 N–H and O–H groups in total. The number of rotatable bonds is 8. The number of aryl methyl sites for hydroxylation is 1. The van der Waals surface area contributed by atoms with Crippen LogP contribution >= 0.6 is 11.8 Å². The highest BCUT2D eigenvalue weighted by molar-refractivity contribution is 7.99. The quantitative estimate of drug-likeness (QED) is 0.383. The molecule has 0 amide bonds. The third-order valence-electron chi connectivity index (χ3n) is 3.36. The van der Waals surface area contributed by atoms with Crippen LogP contribution in [0, 0.1) is 6.92 Å². The molecule has 3 heteroatoms. The molecule has 0 atom stereocenters. The Labute approximate surface area is 136 Å². The molecule has 116 valence electrons. The van der Waals surface area contributed by atoms with Gasteiger partial charge < -0.3 is 4.74 Å². The van der Waals surface area contributed by atoms with Gasteiger partial charge in [-0.15, -0.1) is 11.8 Å². The Kier molecular flexibility index (Phi) is 6.53. The van der Waals surface area contributed by atoms with Crippen molar-refractivity contribution in [3.05, 3.63) is 59.7 Å². The lowest BCUT2D eigenvalue weighted by Gasteiger charge is -2.06. The van der Waals surface area contributed by atoms with Gasteiger partial charge in [0.05, 0.1) is 6.61 Å².